The Kier molecular flexibility index (Phi) is 6.34. The van der Waals surface area contributed by atoms with Gasteiger partial charge in [-0.1, -0.05) is 29.3 Å². The van der Waals surface area contributed by atoms with Crippen molar-refractivity contribution >= 4 is 57.9 Å². The van der Waals surface area contributed by atoms with E-state index in [0.717, 1.165) is 27.8 Å². The molecule has 1 aliphatic heterocycles. The van der Waals surface area contributed by atoms with Crippen molar-refractivity contribution in [3.63, 3.8) is 0 Å². The first-order valence-electron chi connectivity index (χ1n) is 9.70. The van der Waals surface area contributed by atoms with Crippen molar-refractivity contribution in [2.24, 2.45) is 0 Å². The SMILES string of the molecule is Cc1cc(-c2ccc(/C=C3\SC(=O)N(Cc4c(Cl)cccc4Cl)C3=O)o2)c([N+](=O)[O-])cc1C. The maximum Gasteiger partial charge on any atom is 0.293 e. The fraction of sp³-hybridized carbons (Fsp3) is 0.130. The van der Waals surface area contributed by atoms with Gasteiger partial charge in [-0.2, -0.15) is 0 Å². The average molecular weight is 503 g/mol. The summed E-state index contributed by atoms with van der Waals surface area (Å²) in [7, 11) is 0. The number of hydrogen-bond acceptors (Lipinski definition) is 6. The smallest absolute Gasteiger partial charge is 0.293 e. The molecule has 0 radical (unpaired) electrons. The zero-order valence-corrected chi connectivity index (χ0v) is 19.8. The van der Waals surface area contributed by atoms with Gasteiger partial charge in [-0.25, -0.2) is 0 Å². The molecule has 1 fully saturated rings. The number of halogens is 2. The molecule has 2 aromatic carbocycles. The first-order chi connectivity index (χ1) is 15.7. The number of carbonyl (C=O) groups is 2. The third-order valence-electron chi connectivity index (χ3n) is 5.23. The van der Waals surface area contributed by atoms with Crippen molar-refractivity contribution in [1.82, 2.24) is 4.90 Å². The van der Waals surface area contributed by atoms with Gasteiger partial charge in [0.25, 0.3) is 16.8 Å². The number of amides is 2. The van der Waals surface area contributed by atoms with E-state index in [1.54, 1.807) is 43.3 Å². The largest absolute Gasteiger partial charge is 0.456 e. The number of nitro benzene ring substituents is 1. The number of imide groups is 1. The monoisotopic (exact) mass is 502 g/mol. The topological polar surface area (TPSA) is 93.7 Å². The van der Waals surface area contributed by atoms with Gasteiger partial charge in [-0.3, -0.25) is 24.6 Å². The van der Waals surface area contributed by atoms with E-state index >= 15 is 0 Å². The number of nitrogens with zero attached hydrogens (tertiary/aromatic N) is 2. The summed E-state index contributed by atoms with van der Waals surface area (Å²) in [6.45, 7) is 3.60. The second kappa shape index (κ2) is 9.05. The number of thioether (sulfide) groups is 1. The Bertz CT molecular complexity index is 1330. The Morgan fingerprint density at radius 1 is 1.09 bits per heavy atom. The molecular weight excluding hydrogens is 487 g/mol. The van der Waals surface area contributed by atoms with Crippen LogP contribution in [-0.2, 0) is 11.3 Å². The number of furan rings is 1. The van der Waals surface area contributed by atoms with Gasteiger partial charge in [0.05, 0.1) is 21.9 Å². The fourth-order valence-electron chi connectivity index (χ4n) is 3.33. The van der Waals surface area contributed by atoms with E-state index in [4.69, 9.17) is 27.6 Å². The van der Waals surface area contributed by atoms with Crippen molar-refractivity contribution < 1.29 is 18.9 Å². The molecular formula is C23H16Cl2N2O5S. The number of carbonyl (C=O) groups excluding carboxylic acids is 2. The molecule has 3 aromatic rings. The van der Waals surface area contributed by atoms with Crippen LogP contribution in [0.4, 0.5) is 10.5 Å². The number of hydrogen-bond donors (Lipinski definition) is 0. The van der Waals surface area contributed by atoms with Crippen LogP contribution in [-0.4, -0.2) is 21.0 Å². The van der Waals surface area contributed by atoms with Crippen molar-refractivity contribution in [3.8, 4) is 11.3 Å². The highest BCUT2D eigenvalue weighted by molar-refractivity contribution is 8.18. The third-order valence-corrected chi connectivity index (χ3v) is 6.84. The van der Waals surface area contributed by atoms with Crippen LogP contribution in [0.25, 0.3) is 17.4 Å². The van der Waals surface area contributed by atoms with Crippen LogP contribution in [0.3, 0.4) is 0 Å². The van der Waals surface area contributed by atoms with Crippen LogP contribution >= 0.6 is 35.0 Å². The van der Waals surface area contributed by atoms with E-state index in [1.807, 2.05) is 6.92 Å². The summed E-state index contributed by atoms with van der Waals surface area (Å²) in [5, 5.41) is 11.8. The maximum absolute atomic E-state index is 12.8. The van der Waals surface area contributed by atoms with Gasteiger partial charge in [0.1, 0.15) is 11.5 Å². The Labute approximate surface area is 203 Å². The first-order valence-corrected chi connectivity index (χ1v) is 11.3. The lowest BCUT2D eigenvalue weighted by Gasteiger charge is -2.14. The number of nitro groups is 1. The predicted molar refractivity (Wildman–Crippen MR) is 128 cm³/mol. The highest BCUT2D eigenvalue weighted by Crippen LogP contribution is 2.37. The van der Waals surface area contributed by atoms with Gasteiger partial charge in [0.15, 0.2) is 0 Å². The number of benzene rings is 2. The summed E-state index contributed by atoms with van der Waals surface area (Å²) in [6.07, 6.45) is 1.44. The minimum Gasteiger partial charge on any atom is -0.456 e. The summed E-state index contributed by atoms with van der Waals surface area (Å²) in [5.41, 5.74) is 2.42. The van der Waals surface area contributed by atoms with E-state index in [9.17, 15) is 19.7 Å². The number of rotatable bonds is 5. The molecule has 7 nitrogen and oxygen atoms in total. The van der Waals surface area contributed by atoms with Crippen molar-refractivity contribution in [3.05, 3.63) is 90.0 Å². The minimum atomic E-state index is -0.504. The molecule has 1 aromatic heterocycles. The lowest BCUT2D eigenvalue weighted by atomic mass is 10.0. The number of aryl methyl sites for hydroxylation is 2. The van der Waals surface area contributed by atoms with Gasteiger partial charge in [0, 0.05) is 27.8 Å². The van der Waals surface area contributed by atoms with Crippen molar-refractivity contribution in [2.75, 3.05) is 0 Å². The molecule has 1 aliphatic rings. The molecule has 0 atom stereocenters. The molecule has 10 heteroatoms. The predicted octanol–water partition coefficient (Wildman–Crippen LogP) is 7.01. The Hall–Kier alpha value is -3.07. The molecule has 33 heavy (non-hydrogen) atoms. The summed E-state index contributed by atoms with van der Waals surface area (Å²) in [6, 6.07) is 11.3. The molecule has 0 N–H and O–H groups in total. The average Bonchev–Trinajstić information content (AvgIpc) is 3.32. The van der Waals surface area contributed by atoms with Gasteiger partial charge < -0.3 is 4.42 Å². The molecule has 0 saturated carbocycles. The van der Waals surface area contributed by atoms with Crippen LogP contribution in [0.1, 0.15) is 22.5 Å². The quantitative estimate of drug-likeness (QED) is 0.211. The molecule has 2 amide bonds. The highest BCUT2D eigenvalue weighted by atomic mass is 35.5. The summed E-state index contributed by atoms with van der Waals surface area (Å²) in [4.78, 5) is 37.6. The van der Waals surface area contributed by atoms with E-state index in [0.29, 0.717) is 26.9 Å². The lowest BCUT2D eigenvalue weighted by molar-refractivity contribution is -0.384. The van der Waals surface area contributed by atoms with Crippen LogP contribution in [0.5, 0.6) is 0 Å². The summed E-state index contributed by atoms with van der Waals surface area (Å²) < 4.78 is 5.77. The van der Waals surface area contributed by atoms with E-state index in [2.05, 4.69) is 0 Å². The third kappa shape index (κ3) is 4.55. The summed E-state index contributed by atoms with van der Waals surface area (Å²) in [5.74, 6) is 0.0769. The van der Waals surface area contributed by atoms with Crippen molar-refractivity contribution in [1.29, 1.82) is 0 Å². The molecule has 2 heterocycles. The molecule has 168 valence electrons. The van der Waals surface area contributed by atoms with Gasteiger partial charge >= 0.3 is 0 Å². The van der Waals surface area contributed by atoms with Crippen LogP contribution < -0.4 is 0 Å². The van der Waals surface area contributed by atoms with Crippen LogP contribution in [0.2, 0.25) is 10.0 Å². The first kappa shape index (κ1) is 23.1. The molecule has 0 bridgehead atoms. The van der Waals surface area contributed by atoms with Crippen molar-refractivity contribution in [2.45, 2.75) is 20.4 Å². The van der Waals surface area contributed by atoms with Crippen LogP contribution in [0, 0.1) is 24.0 Å². The molecule has 4 rings (SSSR count). The van der Waals surface area contributed by atoms with Gasteiger partial charge in [-0.05, 0) is 67.1 Å². The molecule has 0 unspecified atom stereocenters. The molecule has 0 aliphatic carbocycles. The van der Waals surface area contributed by atoms with Crippen LogP contribution in [0.15, 0.2) is 51.8 Å². The zero-order chi connectivity index (χ0) is 23.9. The second-order valence-electron chi connectivity index (χ2n) is 7.38. The maximum atomic E-state index is 12.8. The van der Waals surface area contributed by atoms with E-state index in [-0.39, 0.29) is 22.9 Å². The van der Waals surface area contributed by atoms with Gasteiger partial charge in [-0.15, -0.1) is 0 Å². The molecule has 0 spiro atoms. The van der Waals surface area contributed by atoms with E-state index < -0.39 is 16.1 Å². The Morgan fingerprint density at radius 2 is 1.76 bits per heavy atom. The highest BCUT2D eigenvalue weighted by Gasteiger charge is 2.36. The van der Waals surface area contributed by atoms with Gasteiger partial charge in [0.2, 0.25) is 0 Å². The second-order valence-corrected chi connectivity index (χ2v) is 9.19. The Morgan fingerprint density at radius 3 is 2.42 bits per heavy atom. The lowest BCUT2D eigenvalue weighted by Crippen LogP contribution is -2.27. The molecule has 1 saturated heterocycles. The summed E-state index contributed by atoms with van der Waals surface area (Å²) >= 11 is 13.1. The Balaban J connectivity index is 1.62. The van der Waals surface area contributed by atoms with E-state index in [1.165, 1.54) is 12.1 Å². The standard InChI is InChI=1S/C23H16Cl2N2O5S/c1-12-8-15(19(27(30)31)9-13(12)2)20-7-6-14(32-20)10-21-22(28)26(23(29)33-21)11-16-17(24)4-3-5-18(16)25/h3-10H,11H2,1-2H3/b21-10-. The fourth-order valence-corrected chi connectivity index (χ4v) is 4.67. The minimum absolute atomic E-state index is 0.0568. The normalized spacial score (nSPS) is 15.0. The zero-order valence-electron chi connectivity index (χ0n) is 17.4.